The summed E-state index contributed by atoms with van der Waals surface area (Å²) in [6.07, 6.45) is -24.2. The first-order valence-electron chi connectivity index (χ1n) is 27.0. The Morgan fingerprint density at radius 1 is 0.543 bits per heavy atom. The molecule has 7 fully saturated rings. The Morgan fingerprint density at radius 2 is 0.957 bits per heavy atom. The number of ether oxygens (including phenoxy) is 1. The maximum absolute atomic E-state index is 12.7. The summed E-state index contributed by atoms with van der Waals surface area (Å²) in [6, 6.07) is 9.49. The molecule has 520 valence electrons. The lowest BCUT2D eigenvalue weighted by molar-refractivity contribution is -0.203. The van der Waals surface area contributed by atoms with Gasteiger partial charge in [0.05, 0.1) is 36.6 Å². The molecule has 7 aliphatic rings. The smallest absolute Gasteiger partial charge is 0.404 e. The Bertz CT molecular complexity index is 3440. The summed E-state index contributed by atoms with van der Waals surface area (Å²) in [5.41, 5.74) is -15.2. The van der Waals surface area contributed by atoms with E-state index >= 15 is 0 Å². The third-order valence-corrected chi connectivity index (χ3v) is 17.0. The lowest BCUT2D eigenvalue weighted by Gasteiger charge is -2.18. The van der Waals surface area contributed by atoms with Gasteiger partial charge in [0.1, 0.15) is 44.0 Å². The molecule has 0 radical (unpaired) electrons. The molecule has 4 aromatic rings. The van der Waals surface area contributed by atoms with Crippen LogP contribution in [0.1, 0.15) is 123 Å². The van der Waals surface area contributed by atoms with Crippen molar-refractivity contribution in [2.24, 2.45) is 16.2 Å². The number of alkyl halides is 21. The van der Waals surface area contributed by atoms with Crippen molar-refractivity contribution in [3.63, 3.8) is 0 Å². The largest absolute Gasteiger partial charge is 0.508 e. The number of carbonyl (C=O) groups is 4. The monoisotopic (exact) mass is 1470 g/mol. The van der Waals surface area contributed by atoms with Crippen LogP contribution >= 0.6 is 27.5 Å². The molecule has 7 aliphatic carbocycles. The third-order valence-electron chi connectivity index (χ3n) is 16.1. The quantitative estimate of drug-likeness (QED) is 0.0361. The number of halogens is 23. The van der Waals surface area contributed by atoms with Crippen LogP contribution in [0.5, 0.6) is 0 Å². The molecule has 14 nitrogen and oxygen atoms in total. The van der Waals surface area contributed by atoms with Gasteiger partial charge in [-0.1, -0.05) is 15.9 Å². The number of carboxylic acids is 2. The molecule has 94 heavy (non-hydrogen) atoms. The molecule has 0 unspecified atom stereocenters. The number of aliphatic carboxylic acids is 1. The minimum absolute atomic E-state index is 0.00343. The van der Waals surface area contributed by atoms with Crippen LogP contribution in [0.15, 0.2) is 116 Å². The number of aliphatic hydroxyl groups excluding tert-OH is 1. The minimum Gasteiger partial charge on any atom is -0.508 e. The molecule has 37 heteroatoms. The summed E-state index contributed by atoms with van der Waals surface area (Å²) in [7, 11) is 1.31. The second-order valence-corrected chi connectivity index (χ2v) is 23.7. The number of hydrogen-bond acceptors (Lipinski definition) is 11. The highest BCUT2D eigenvalue weighted by Crippen LogP contribution is 2.63. The number of aliphatic hydroxyl groups is 1. The molecule has 4 aromatic heterocycles. The number of methoxy groups -OCH3 is 1. The van der Waals surface area contributed by atoms with E-state index in [0.29, 0.717) is 10.5 Å². The second kappa shape index (κ2) is 27.5. The maximum Gasteiger partial charge on any atom is 0.404 e. The molecule has 7 saturated carbocycles. The Balaban J connectivity index is 0.000000200. The van der Waals surface area contributed by atoms with Crippen LogP contribution in [0.25, 0.3) is 0 Å². The van der Waals surface area contributed by atoms with Gasteiger partial charge in [-0.05, 0) is 126 Å². The van der Waals surface area contributed by atoms with Gasteiger partial charge in [-0.2, -0.15) is 92.2 Å². The van der Waals surface area contributed by atoms with Crippen molar-refractivity contribution in [3.05, 3.63) is 151 Å². The Hall–Kier alpha value is -7.14. The molecule has 0 bridgehead atoms. The van der Waals surface area contributed by atoms with Crippen molar-refractivity contribution >= 4 is 50.5 Å². The zero-order valence-corrected chi connectivity index (χ0v) is 50.1. The minimum atomic E-state index is -4.57. The van der Waals surface area contributed by atoms with Gasteiger partial charge >= 0.3 is 55.2 Å². The van der Waals surface area contributed by atoms with E-state index in [4.69, 9.17) is 31.3 Å². The van der Waals surface area contributed by atoms with Crippen LogP contribution in [0, 0.1) is 16.2 Å². The van der Waals surface area contributed by atoms with Gasteiger partial charge in [-0.3, -0.25) is 33.9 Å². The average Bonchev–Trinajstić information content (AvgIpc) is 1.61. The van der Waals surface area contributed by atoms with E-state index in [-0.39, 0.29) is 118 Å². The molecule has 11 rings (SSSR count). The Kier molecular flexibility index (Phi) is 22.7. The van der Waals surface area contributed by atoms with E-state index in [9.17, 15) is 121 Å². The fourth-order valence-corrected chi connectivity index (χ4v) is 9.44. The fraction of sp³-hybridized carbons (Fsp3) is 0.509. The number of nitrogens with zero attached hydrogens (tertiary/aromatic N) is 2. The molecular weight excluding hydrogens is 1420 g/mol. The van der Waals surface area contributed by atoms with Crippen LogP contribution in [0.4, 0.5) is 92.2 Å². The maximum atomic E-state index is 12.7. The van der Waals surface area contributed by atoms with E-state index < -0.39 is 121 Å². The van der Waals surface area contributed by atoms with Gasteiger partial charge < -0.3 is 29.5 Å². The molecule has 0 saturated heterocycles. The van der Waals surface area contributed by atoms with Crippen LogP contribution < -0.4 is 10.9 Å². The normalized spacial score (nSPS) is 19.9. The number of aromatic amines is 1. The molecule has 0 amide bonds. The topological polar surface area (TPSA) is 227 Å². The van der Waals surface area contributed by atoms with Crippen LogP contribution in [-0.2, 0) is 40.8 Å². The number of pyridine rings is 3. The van der Waals surface area contributed by atoms with E-state index in [0.717, 1.165) is 49.1 Å². The summed E-state index contributed by atoms with van der Waals surface area (Å²) < 4.78 is 270. The molecule has 4 heterocycles. The van der Waals surface area contributed by atoms with Crippen molar-refractivity contribution in [1.29, 1.82) is 0 Å². The summed E-state index contributed by atoms with van der Waals surface area (Å²) in [5, 5.41) is 24.6. The number of hydrogen-bond donors (Lipinski definition) is 4. The van der Waals surface area contributed by atoms with E-state index in [1.165, 1.54) is 37.7 Å². The second-order valence-electron chi connectivity index (χ2n) is 22.5. The standard InChI is InChI=1S/C10H8F3NO2.C10H11F3O3.C9H7BrF3N.C9H8F3NO.C9H7F3O2.C5H4ClF3O.C5H5F3O2/c11-10(12,13)9(2-3-9)7-5-6(8(15)16)1-4-14-7;1-16-5-2-7(14)6-8(15)9(3-4-9)10(11,12)13;10-6-1-4-14-7(5-6)8(2-3-8)9(11,12)13;10-9(11,12)8(2-3-8)7-5-6(14)1-4-13-7;10-9(11,12)8(2-3-8)7-5-6(13)1-4-14-7;6-3(10)4(1-2-4)5(7,8)9;6-5(7,8)4(1-2-4)3(9)10/h1,4-5H,2-3H2,(H,15,16);2,5-6,14H,3-4H2,1H3;1,4-5H,2-3H2;1,4-5H,2-3H2,(H,13,14);1,4-5H,2-3H2;1-2H2;1-2H2,(H,9,10)/b;5-2+,7-6?;;;;;. The molecule has 4 N–H and O–H groups in total. The van der Waals surface area contributed by atoms with Gasteiger partial charge in [0.15, 0.2) is 22.1 Å². The van der Waals surface area contributed by atoms with E-state index in [1.807, 2.05) is 0 Å². The number of allylic oxidation sites excluding steroid dienone is 2. The van der Waals surface area contributed by atoms with Crippen molar-refractivity contribution in [2.75, 3.05) is 7.11 Å². The molecule has 0 aliphatic heterocycles. The third kappa shape index (κ3) is 17.5. The summed E-state index contributed by atoms with van der Waals surface area (Å²) in [6.45, 7) is 0. The SMILES string of the molecule is CO/C=C/C(O)=CC(=O)C1(C(F)(F)F)CC1.FC(F)(F)C1(c2cc(Br)ccn2)CC1.O=C(Cl)C1(C(F)(F)F)CC1.O=C(O)C1(C(F)(F)F)CC1.O=C(O)c1ccnc(C2(C(F)(F)F)CC2)c1.O=c1cc[nH]c(C2(C(F)(F)F)CC2)c1.O=c1ccoc(C2(C(F)(F)F)CC2)c1. The van der Waals surface area contributed by atoms with E-state index in [1.54, 1.807) is 6.07 Å². The number of ketones is 1. The first-order valence-corrected chi connectivity index (χ1v) is 28.2. The lowest BCUT2D eigenvalue weighted by Crippen LogP contribution is -2.32. The summed E-state index contributed by atoms with van der Waals surface area (Å²) in [4.78, 5) is 73.9. The van der Waals surface area contributed by atoms with Crippen molar-refractivity contribution in [2.45, 2.75) is 155 Å². The number of carbonyl (C=O) groups excluding carboxylic acids is 2. The van der Waals surface area contributed by atoms with E-state index in [2.05, 4.69) is 35.6 Å². The van der Waals surface area contributed by atoms with Gasteiger partial charge in [0.25, 0.3) is 0 Å². The first-order chi connectivity index (χ1) is 42.9. The van der Waals surface area contributed by atoms with Crippen LogP contribution in [-0.4, -0.2) is 104 Å². The summed E-state index contributed by atoms with van der Waals surface area (Å²) in [5.74, 6) is -4.93. The predicted octanol–water partition coefficient (Wildman–Crippen LogP) is 16.0. The molecule has 0 atom stereocenters. The predicted molar refractivity (Wildman–Crippen MR) is 287 cm³/mol. The number of H-pyrrole nitrogens is 1. The number of carboxylic acid groups (broad SMARTS) is 2. The number of aromatic nitrogens is 3. The number of aromatic carboxylic acids is 1. The van der Waals surface area contributed by atoms with Gasteiger partial charge in [-0.25, -0.2) is 4.79 Å². The Labute approximate surface area is 528 Å². The van der Waals surface area contributed by atoms with Crippen molar-refractivity contribution < 1.29 is 136 Å². The van der Waals surface area contributed by atoms with Crippen molar-refractivity contribution in [1.82, 2.24) is 15.0 Å². The molecule has 0 spiro atoms. The number of rotatable bonds is 11. The van der Waals surface area contributed by atoms with Gasteiger partial charge in [0, 0.05) is 65.2 Å². The van der Waals surface area contributed by atoms with Crippen LogP contribution in [0.3, 0.4) is 0 Å². The molecular formula is C57H50BrClF21N3O11. The molecule has 0 aromatic carbocycles. The first kappa shape index (κ1) is 77.6. The van der Waals surface area contributed by atoms with Gasteiger partial charge in [0.2, 0.25) is 5.24 Å². The zero-order valence-electron chi connectivity index (χ0n) is 47.8. The number of nitrogens with one attached hydrogen (secondary N) is 1. The lowest BCUT2D eigenvalue weighted by atomic mass is 10.00. The highest BCUT2D eigenvalue weighted by atomic mass is 79.9. The fourth-order valence-electron chi connectivity index (χ4n) is 8.81. The van der Waals surface area contributed by atoms with Crippen molar-refractivity contribution in [3.8, 4) is 0 Å². The average molecular weight is 1470 g/mol. The van der Waals surface area contributed by atoms with Gasteiger partial charge in [-0.15, -0.1) is 0 Å². The zero-order chi connectivity index (χ0) is 71.5. The Morgan fingerprint density at radius 3 is 1.27 bits per heavy atom. The summed E-state index contributed by atoms with van der Waals surface area (Å²) >= 11 is 7.90. The highest BCUT2D eigenvalue weighted by molar-refractivity contribution is 9.10. The highest BCUT2D eigenvalue weighted by Gasteiger charge is 2.71. The van der Waals surface area contributed by atoms with Crippen LogP contribution in [0.2, 0.25) is 0 Å².